The minimum atomic E-state index is -0.435. The molecule has 4 rings (SSSR count). The number of nitrogens with zero attached hydrogens (tertiary/aromatic N) is 1. The molecule has 186 valence electrons. The molecule has 6 N–H and O–H groups in total. The number of carbonyl (C=O) groups is 1. The normalized spacial score (nSPS) is 16.6. The Morgan fingerprint density at radius 1 is 1.17 bits per heavy atom. The minimum Gasteiger partial charge on any atom is -0.507 e. The quantitative estimate of drug-likeness (QED) is 0.301. The lowest BCUT2D eigenvalue weighted by atomic mass is 9.85. The number of guanidine groups is 1. The van der Waals surface area contributed by atoms with Crippen LogP contribution in [0, 0.1) is 20.8 Å². The lowest BCUT2D eigenvalue weighted by Gasteiger charge is -2.37. The molecule has 3 aromatic rings. The van der Waals surface area contributed by atoms with Gasteiger partial charge in [-0.3, -0.25) is 4.79 Å². The molecule has 0 bridgehead atoms. The summed E-state index contributed by atoms with van der Waals surface area (Å²) in [6.45, 7) is 8.57. The zero-order valence-electron chi connectivity index (χ0n) is 20.6. The summed E-state index contributed by atoms with van der Waals surface area (Å²) in [6.07, 6.45) is 2.26. The van der Waals surface area contributed by atoms with Crippen molar-refractivity contribution in [2.75, 3.05) is 6.54 Å². The molecule has 0 saturated heterocycles. The second kappa shape index (κ2) is 10.0. The highest BCUT2D eigenvalue weighted by atomic mass is 35.5. The van der Waals surface area contributed by atoms with Gasteiger partial charge < -0.3 is 26.6 Å². The van der Waals surface area contributed by atoms with E-state index in [4.69, 9.17) is 16.2 Å². The van der Waals surface area contributed by atoms with E-state index in [1.165, 1.54) is 0 Å². The summed E-state index contributed by atoms with van der Waals surface area (Å²) in [4.78, 5) is 16.7. The van der Waals surface area contributed by atoms with Crippen molar-refractivity contribution in [2.24, 2.45) is 16.5 Å². The Kier molecular flexibility index (Phi) is 7.50. The van der Waals surface area contributed by atoms with Crippen LogP contribution in [-0.2, 0) is 6.42 Å². The van der Waals surface area contributed by atoms with Gasteiger partial charge in [-0.15, -0.1) is 12.4 Å². The van der Waals surface area contributed by atoms with Crippen LogP contribution in [0.15, 0.2) is 41.4 Å². The van der Waals surface area contributed by atoms with Crippen molar-refractivity contribution in [2.45, 2.75) is 52.6 Å². The van der Waals surface area contributed by atoms with Crippen molar-refractivity contribution < 1.29 is 14.6 Å². The number of phenols is 1. The lowest BCUT2D eigenvalue weighted by Crippen LogP contribution is -2.40. The van der Waals surface area contributed by atoms with Crippen molar-refractivity contribution in [3.8, 4) is 11.5 Å². The van der Waals surface area contributed by atoms with Gasteiger partial charge in [0.2, 0.25) is 0 Å². The summed E-state index contributed by atoms with van der Waals surface area (Å²) in [5.41, 5.74) is 15.6. The Morgan fingerprint density at radius 2 is 1.91 bits per heavy atom. The number of halogens is 1. The number of amides is 1. The maximum Gasteiger partial charge on any atom is 0.251 e. The molecule has 1 aliphatic heterocycles. The van der Waals surface area contributed by atoms with E-state index in [0.29, 0.717) is 30.0 Å². The van der Waals surface area contributed by atoms with Crippen molar-refractivity contribution in [3.05, 3.63) is 64.2 Å². The van der Waals surface area contributed by atoms with Crippen LogP contribution in [0.25, 0.3) is 10.8 Å². The third-order valence-corrected chi connectivity index (χ3v) is 6.86. The number of hydrogen-bond donors (Lipinski definition) is 4. The summed E-state index contributed by atoms with van der Waals surface area (Å²) in [5.74, 6) is 0.946. The summed E-state index contributed by atoms with van der Waals surface area (Å²) in [7, 11) is 0. The van der Waals surface area contributed by atoms with Crippen LogP contribution in [0.5, 0.6) is 11.5 Å². The van der Waals surface area contributed by atoms with Crippen LogP contribution >= 0.6 is 12.4 Å². The fourth-order valence-corrected chi connectivity index (χ4v) is 4.66. The predicted molar refractivity (Wildman–Crippen MR) is 143 cm³/mol. The summed E-state index contributed by atoms with van der Waals surface area (Å²) in [6, 6.07) is 11.0. The van der Waals surface area contributed by atoms with Gasteiger partial charge in [0.1, 0.15) is 17.1 Å². The van der Waals surface area contributed by atoms with Crippen molar-refractivity contribution >= 4 is 40.7 Å². The molecule has 1 aliphatic rings. The molecule has 1 heterocycles. The average molecular weight is 497 g/mol. The molecule has 1 unspecified atom stereocenters. The Morgan fingerprint density at radius 3 is 2.63 bits per heavy atom. The fraction of sp³-hybridized carbons (Fsp3) is 0.333. The number of rotatable bonds is 5. The standard InChI is InChI=1S/C27H32N4O3.ClH/c1-15-8-9-21-22(16(15)2)23(32)17(3)20-10-11-27(4,34-24(20)21)12-13-30-25(33)18-6-5-7-19(14-18)31-26(28)29;/h5-9,14,32H,10-13H2,1-4H3,(H,30,33)(H4,28,29,31);1H. The molecule has 0 spiro atoms. The van der Waals surface area contributed by atoms with Gasteiger partial charge in [-0.05, 0) is 75.4 Å². The first-order valence-corrected chi connectivity index (χ1v) is 11.5. The number of carbonyl (C=O) groups excluding carboxylic acids is 1. The van der Waals surface area contributed by atoms with E-state index in [9.17, 15) is 9.90 Å². The Labute approximate surface area is 212 Å². The fourth-order valence-electron chi connectivity index (χ4n) is 4.66. The number of phenolic OH excluding ortho intramolecular Hbond substituents is 1. The van der Waals surface area contributed by atoms with E-state index in [1.807, 2.05) is 26.8 Å². The van der Waals surface area contributed by atoms with Gasteiger partial charge in [-0.25, -0.2) is 4.99 Å². The number of nitrogens with two attached hydrogens (primary N) is 2. The highest BCUT2D eigenvalue weighted by molar-refractivity contribution is 5.99. The number of aryl methyl sites for hydroxylation is 2. The number of aliphatic imine (C=N–C) groups is 1. The van der Waals surface area contributed by atoms with E-state index < -0.39 is 5.60 Å². The number of ether oxygens (including phenoxy) is 1. The molecular weight excluding hydrogens is 464 g/mol. The SMILES string of the molecule is Cc1ccc2c3c(c(C)c(O)c2c1C)CCC(C)(CCNC(=O)c1cccc(N=C(N)N)c1)O3.Cl. The first-order valence-electron chi connectivity index (χ1n) is 11.5. The Hall–Kier alpha value is -3.45. The third kappa shape index (κ3) is 5.15. The monoisotopic (exact) mass is 496 g/mol. The highest BCUT2D eigenvalue weighted by Gasteiger charge is 2.34. The number of hydrogen-bond acceptors (Lipinski definition) is 4. The molecule has 3 aromatic carbocycles. The van der Waals surface area contributed by atoms with Gasteiger partial charge in [-0.2, -0.15) is 0 Å². The van der Waals surface area contributed by atoms with E-state index in [1.54, 1.807) is 24.3 Å². The molecule has 0 aliphatic carbocycles. The summed E-state index contributed by atoms with van der Waals surface area (Å²) < 4.78 is 6.61. The van der Waals surface area contributed by atoms with Crippen LogP contribution in [0.3, 0.4) is 0 Å². The molecule has 1 amide bonds. The van der Waals surface area contributed by atoms with Gasteiger partial charge in [0.25, 0.3) is 5.91 Å². The maximum atomic E-state index is 12.7. The average Bonchev–Trinajstić information content (AvgIpc) is 2.79. The van der Waals surface area contributed by atoms with E-state index >= 15 is 0 Å². The number of nitrogens with one attached hydrogen (secondary N) is 1. The molecule has 1 atom stereocenters. The van der Waals surface area contributed by atoms with E-state index in [-0.39, 0.29) is 24.3 Å². The minimum absolute atomic E-state index is 0. The topological polar surface area (TPSA) is 123 Å². The maximum absolute atomic E-state index is 12.7. The predicted octanol–water partition coefficient (Wildman–Crippen LogP) is 4.70. The van der Waals surface area contributed by atoms with Crippen molar-refractivity contribution in [1.29, 1.82) is 0 Å². The second-order valence-corrected chi connectivity index (χ2v) is 9.36. The van der Waals surface area contributed by atoms with Crippen LogP contribution in [0.1, 0.15) is 52.4 Å². The molecular formula is C27H33ClN4O3. The largest absolute Gasteiger partial charge is 0.507 e. The van der Waals surface area contributed by atoms with Gasteiger partial charge in [-0.1, -0.05) is 18.2 Å². The molecule has 35 heavy (non-hydrogen) atoms. The zero-order valence-corrected chi connectivity index (χ0v) is 21.4. The molecule has 8 heteroatoms. The van der Waals surface area contributed by atoms with Gasteiger partial charge in [0.15, 0.2) is 5.96 Å². The molecule has 0 aromatic heterocycles. The first kappa shape index (κ1) is 26.2. The molecule has 7 nitrogen and oxygen atoms in total. The van der Waals surface area contributed by atoms with Crippen LogP contribution in [-0.4, -0.2) is 29.1 Å². The number of aromatic hydroxyl groups is 1. The molecule has 0 fully saturated rings. The number of benzene rings is 3. The van der Waals surface area contributed by atoms with Crippen molar-refractivity contribution in [3.63, 3.8) is 0 Å². The smallest absolute Gasteiger partial charge is 0.251 e. The lowest BCUT2D eigenvalue weighted by molar-refractivity contribution is 0.0571. The summed E-state index contributed by atoms with van der Waals surface area (Å²) in [5, 5.41) is 15.7. The Balaban J connectivity index is 0.00000342. The number of fused-ring (bicyclic) bond motifs is 3. The van der Waals surface area contributed by atoms with Crippen molar-refractivity contribution in [1.82, 2.24) is 5.32 Å². The van der Waals surface area contributed by atoms with Crippen LogP contribution < -0.4 is 21.5 Å². The van der Waals surface area contributed by atoms with E-state index in [2.05, 4.69) is 23.3 Å². The Bertz CT molecular complexity index is 1320. The van der Waals surface area contributed by atoms with Crippen LogP contribution in [0.4, 0.5) is 5.69 Å². The highest BCUT2D eigenvalue weighted by Crippen LogP contribution is 2.47. The van der Waals surface area contributed by atoms with Gasteiger partial charge in [0, 0.05) is 34.9 Å². The molecule has 0 radical (unpaired) electrons. The van der Waals surface area contributed by atoms with Gasteiger partial charge in [0.05, 0.1) is 5.69 Å². The summed E-state index contributed by atoms with van der Waals surface area (Å²) >= 11 is 0. The second-order valence-electron chi connectivity index (χ2n) is 9.36. The third-order valence-electron chi connectivity index (χ3n) is 6.86. The van der Waals surface area contributed by atoms with E-state index in [0.717, 1.165) is 51.6 Å². The molecule has 0 saturated carbocycles. The van der Waals surface area contributed by atoms with Crippen LogP contribution in [0.2, 0.25) is 0 Å². The van der Waals surface area contributed by atoms with Gasteiger partial charge >= 0.3 is 0 Å². The zero-order chi connectivity index (χ0) is 24.6. The first-order chi connectivity index (χ1) is 16.1.